The first-order valence-electron chi connectivity index (χ1n) is 8.33. The van der Waals surface area contributed by atoms with Crippen molar-refractivity contribution < 1.29 is 19.6 Å². The van der Waals surface area contributed by atoms with Gasteiger partial charge in [0.05, 0.1) is 11.2 Å². The molecule has 0 amide bonds. The van der Waals surface area contributed by atoms with Crippen LogP contribution in [0.25, 0.3) is 0 Å². The molecule has 21 heavy (non-hydrogen) atoms. The summed E-state index contributed by atoms with van der Waals surface area (Å²) in [5.41, 5.74) is -0.713. The Morgan fingerprint density at radius 3 is 1.52 bits per heavy atom. The van der Waals surface area contributed by atoms with Crippen LogP contribution < -0.4 is 0 Å². The van der Waals surface area contributed by atoms with Crippen LogP contribution >= 0.6 is 0 Å². The molecule has 4 nitrogen and oxygen atoms in total. The molecule has 0 atom stereocenters. The third-order valence-corrected chi connectivity index (χ3v) is 2.60. The van der Waals surface area contributed by atoms with Crippen molar-refractivity contribution in [3.05, 3.63) is 0 Å². The zero-order valence-electron chi connectivity index (χ0n) is 15.2. The quantitative estimate of drug-likeness (QED) is 0.217. The van der Waals surface area contributed by atoms with Gasteiger partial charge in [0.2, 0.25) is 6.29 Å². The first kappa shape index (κ1) is 20.8. The molecule has 0 aliphatic heterocycles. The largest absolute Gasteiger partial charge is 0.228 e. The molecule has 0 aromatic rings. The van der Waals surface area contributed by atoms with Gasteiger partial charge in [0.1, 0.15) is 0 Å². The van der Waals surface area contributed by atoms with Gasteiger partial charge < -0.3 is 0 Å². The smallest absolute Gasteiger partial charge is 0.224 e. The molecular formula is C17H36O4. The van der Waals surface area contributed by atoms with E-state index in [1.54, 1.807) is 0 Å². The molecule has 0 saturated carbocycles. The predicted molar refractivity (Wildman–Crippen MR) is 85.6 cm³/mol. The van der Waals surface area contributed by atoms with E-state index in [0.717, 1.165) is 12.8 Å². The molecule has 0 fully saturated rings. The molecule has 0 saturated heterocycles. The lowest BCUT2D eigenvalue weighted by atomic mass is 10.1. The Bertz CT molecular complexity index is 222. The van der Waals surface area contributed by atoms with Gasteiger partial charge in [-0.25, -0.2) is 19.6 Å². The van der Waals surface area contributed by atoms with E-state index in [0.29, 0.717) is 0 Å². The zero-order chi connectivity index (χ0) is 16.4. The van der Waals surface area contributed by atoms with Gasteiger partial charge in [0.25, 0.3) is 0 Å². The van der Waals surface area contributed by atoms with Crippen molar-refractivity contribution in [1.29, 1.82) is 0 Å². The Kier molecular flexibility index (Phi) is 10.5. The molecule has 0 aromatic heterocycles. The summed E-state index contributed by atoms with van der Waals surface area (Å²) < 4.78 is 0. The average molecular weight is 304 g/mol. The fraction of sp³-hybridized carbons (Fsp3) is 1.00. The van der Waals surface area contributed by atoms with Crippen LogP contribution in [0.2, 0.25) is 0 Å². The Hall–Kier alpha value is -0.160. The van der Waals surface area contributed by atoms with Crippen LogP contribution in [-0.2, 0) is 19.6 Å². The van der Waals surface area contributed by atoms with Crippen molar-refractivity contribution in [3.63, 3.8) is 0 Å². The van der Waals surface area contributed by atoms with Gasteiger partial charge in [-0.05, 0) is 48.0 Å². The van der Waals surface area contributed by atoms with E-state index in [9.17, 15) is 0 Å². The summed E-state index contributed by atoms with van der Waals surface area (Å²) in [6.45, 7) is 13.9. The summed E-state index contributed by atoms with van der Waals surface area (Å²) in [7, 11) is 0. The number of hydrogen-bond acceptors (Lipinski definition) is 4. The van der Waals surface area contributed by atoms with Gasteiger partial charge in [-0.1, -0.05) is 39.0 Å². The molecule has 0 spiro atoms. The molecule has 0 aliphatic rings. The maximum absolute atomic E-state index is 5.38. The van der Waals surface area contributed by atoms with E-state index in [2.05, 4.69) is 6.92 Å². The van der Waals surface area contributed by atoms with Crippen molar-refractivity contribution in [2.75, 3.05) is 0 Å². The fourth-order valence-corrected chi connectivity index (χ4v) is 1.60. The lowest BCUT2D eigenvalue weighted by Gasteiger charge is -2.25. The molecule has 0 bridgehead atoms. The van der Waals surface area contributed by atoms with Crippen molar-refractivity contribution in [3.8, 4) is 0 Å². The monoisotopic (exact) mass is 304 g/mol. The van der Waals surface area contributed by atoms with Gasteiger partial charge in [-0.15, -0.1) is 0 Å². The summed E-state index contributed by atoms with van der Waals surface area (Å²) in [5.74, 6) is 0. The predicted octanol–water partition coefficient (Wildman–Crippen LogP) is 5.56. The zero-order valence-corrected chi connectivity index (χ0v) is 15.2. The van der Waals surface area contributed by atoms with Crippen molar-refractivity contribution in [2.24, 2.45) is 0 Å². The van der Waals surface area contributed by atoms with Crippen molar-refractivity contribution >= 4 is 0 Å². The van der Waals surface area contributed by atoms with E-state index in [1.807, 2.05) is 41.5 Å². The van der Waals surface area contributed by atoms with E-state index in [-0.39, 0.29) is 11.2 Å². The number of rotatable bonds is 11. The summed E-state index contributed by atoms with van der Waals surface area (Å²) in [6.07, 6.45) is 7.70. The second kappa shape index (κ2) is 10.5. The van der Waals surface area contributed by atoms with Gasteiger partial charge in [0.15, 0.2) is 0 Å². The van der Waals surface area contributed by atoms with Crippen LogP contribution in [0.3, 0.4) is 0 Å². The van der Waals surface area contributed by atoms with Crippen LogP contribution in [-0.4, -0.2) is 17.5 Å². The fourth-order valence-electron chi connectivity index (χ4n) is 1.60. The molecule has 0 radical (unpaired) electrons. The summed E-state index contributed by atoms with van der Waals surface area (Å²) in [4.78, 5) is 21.5. The van der Waals surface area contributed by atoms with E-state index in [1.165, 1.54) is 32.1 Å². The second-order valence-corrected chi connectivity index (χ2v) is 7.57. The summed E-state index contributed by atoms with van der Waals surface area (Å²) >= 11 is 0. The van der Waals surface area contributed by atoms with Gasteiger partial charge in [0, 0.05) is 6.42 Å². The van der Waals surface area contributed by atoms with Gasteiger partial charge in [-0.2, -0.15) is 0 Å². The highest BCUT2D eigenvalue weighted by molar-refractivity contribution is 4.56. The van der Waals surface area contributed by atoms with Crippen LogP contribution in [0.15, 0.2) is 0 Å². The Morgan fingerprint density at radius 1 is 0.667 bits per heavy atom. The van der Waals surface area contributed by atoms with E-state index < -0.39 is 6.29 Å². The average Bonchev–Trinajstić information content (AvgIpc) is 2.33. The summed E-state index contributed by atoms with van der Waals surface area (Å²) in [5, 5.41) is 0. The molecule has 128 valence electrons. The number of unbranched alkanes of at least 4 members (excludes halogenated alkanes) is 5. The minimum Gasteiger partial charge on any atom is -0.228 e. The number of hydrogen-bond donors (Lipinski definition) is 0. The third-order valence-electron chi connectivity index (χ3n) is 2.60. The standard InChI is InChI=1S/C17H36O4/c1-8-9-10-11-12-13-14-15(18-20-16(2,3)4)19-21-17(5,6)7/h15H,8-14H2,1-7H3. The maximum Gasteiger partial charge on any atom is 0.224 e. The highest BCUT2D eigenvalue weighted by Crippen LogP contribution is 2.18. The maximum atomic E-state index is 5.38. The van der Waals surface area contributed by atoms with Crippen molar-refractivity contribution in [1.82, 2.24) is 0 Å². The topological polar surface area (TPSA) is 36.9 Å². The van der Waals surface area contributed by atoms with Crippen LogP contribution in [0, 0.1) is 0 Å². The highest BCUT2D eigenvalue weighted by atomic mass is 17.3. The van der Waals surface area contributed by atoms with Crippen LogP contribution in [0.4, 0.5) is 0 Å². The molecule has 4 heteroatoms. The molecule has 0 rings (SSSR count). The minimum atomic E-state index is -0.477. The SMILES string of the molecule is CCCCCCCCC(OOC(C)(C)C)OOC(C)(C)C. The third kappa shape index (κ3) is 16.0. The minimum absolute atomic E-state index is 0.357. The first-order chi connectivity index (χ1) is 9.64. The van der Waals surface area contributed by atoms with Gasteiger partial charge >= 0.3 is 0 Å². The molecule has 0 unspecified atom stereocenters. The normalized spacial score (nSPS) is 13.1. The summed E-state index contributed by atoms with van der Waals surface area (Å²) in [6, 6.07) is 0. The Balaban J connectivity index is 4.00. The highest BCUT2D eigenvalue weighted by Gasteiger charge is 2.21. The molecule has 0 aromatic carbocycles. The van der Waals surface area contributed by atoms with E-state index >= 15 is 0 Å². The molecular weight excluding hydrogens is 268 g/mol. The van der Waals surface area contributed by atoms with Gasteiger partial charge in [-0.3, -0.25) is 0 Å². The lowest BCUT2D eigenvalue weighted by molar-refractivity contribution is -0.497. The van der Waals surface area contributed by atoms with E-state index in [4.69, 9.17) is 19.6 Å². The van der Waals surface area contributed by atoms with Crippen LogP contribution in [0.5, 0.6) is 0 Å². The van der Waals surface area contributed by atoms with Crippen LogP contribution in [0.1, 0.15) is 93.4 Å². The molecule has 0 N–H and O–H groups in total. The lowest BCUT2D eigenvalue weighted by Crippen LogP contribution is -2.29. The molecule has 0 heterocycles. The van der Waals surface area contributed by atoms with Crippen molar-refractivity contribution in [2.45, 2.75) is 111 Å². The first-order valence-corrected chi connectivity index (χ1v) is 8.33. The Morgan fingerprint density at radius 2 is 1.10 bits per heavy atom. The molecule has 0 aliphatic carbocycles. The second-order valence-electron chi connectivity index (χ2n) is 7.57. The Labute approximate surface area is 131 Å².